The van der Waals surface area contributed by atoms with Crippen molar-refractivity contribution >= 4 is 40.6 Å². The fourth-order valence-corrected chi connectivity index (χ4v) is 7.61. The van der Waals surface area contributed by atoms with E-state index in [1.165, 1.54) is 31.1 Å². The molecule has 3 aliphatic carbocycles. The molecule has 45 heavy (non-hydrogen) atoms. The van der Waals surface area contributed by atoms with E-state index in [-0.39, 0.29) is 16.8 Å². The standard InChI is InChI=1S/C32H36N4O9/c1-13-15-11-12-16(34-31(44)22(35(2)3)14-9-7-6-8-10-14)24(37)18(15)25(38)19-17(13)26(39)21-23(36(4)5)27(40)20(30(33)43)29(42)32(21,45)28(19)41/h6-13,17,19-23,26,37,39,45H,1-5H3,(H2,33,43)(H,34,44)/t13?,17?,19?,20?,21?,22?,23-,26?,32-/m0/s1. The molecular weight excluding hydrogens is 584 g/mol. The summed E-state index contributed by atoms with van der Waals surface area (Å²) in [6.45, 7) is 1.61. The topological polar surface area (TPSA) is 208 Å². The molecule has 0 aromatic heterocycles. The maximum absolute atomic E-state index is 14.1. The number of ketones is 4. The number of phenolic OH excluding ortho intramolecular Hbond substituents is 1. The van der Waals surface area contributed by atoms with Crippen molar-refractivity contribution in [3.05, 3.63) is 59.2 Å². The van der Waals surface area contributed by atoms with Crippen molar-refractivity contribution in [1.29, 1.82) is 0 Å². The molecule has 0 saturated heterocycles. The minimum Gasteiger partial charge on any atom is -0.505 e. The molecule has 2 amide bonds. The van der Waals surface area contributed by atoms with Gasteiger partial charge in [-0.25, -0.2) is 0 Å². The van der Waals surface area contributed by atoms with Crippen molar-refractivity contribution in [3.63, 3.8) is 0 Å². The van der Waals surface area contributed by atoms with Crippen LogP contribution in [0.2, 0.25) is 0 Å². The average molecular weight is 621 g/mol. The van der Waals surface area contributed by atoms with Crippen molar-refractivity contribution in [2.45, 2.75) is 36.6 Å². The first kappa shape index (κ1) is 32.1. The Labute approximate surface area is 259 Å². The van der Waals surface area contributed by atoms with Crippen LogP contribution in [-0.2, 0) is 24.0 Å². The zero-order chi connectivity index (χ0) is 33.3. The number of likely N-dealkylation sites (N-methyl/N-ethyl adjacent to an activating group) is 2. The second-order valence-corrected chi connectivity index (χ2v) is 12.6. The second kappa shape index (κ2) is 11.2. The highest BCUT2D eigenvalue weighted by molar-refractivity contribution is 6.32. The molecule has 7 unspecified atom stereocenters. The van der Waals surface area contributed by atoms with Gasteiger partial charge in [-0.1, -0.05) is 43.3 Å². The van der Waals surface area contributed by atoms with Crippen LogP contribution in [0.25, 0.3) is 0 Å². The molecule has 13 heteroatoms. The van der Waals surface area contributed by atoms with Crippen LogP contribution in [0, 0.1) is 23.7 Å². The van der Waals surface area contributed by atoms with Crippen LogP contribution in [-0.4, -0.2) is 106 Å². The lowest BCUT2D eigenvalue weighted by atomic mass is 9.49. The number of Topliss-reactive ketones (excluding diaryl/α,β-unsaturated/α-hetero) is 4. The molecule has 13 nitrogen and oxygen atoms in total. The number of aliphatic hydroxyl groups excluding tert-OH is 1. The van der Waals surface area contributed by atoms with Crippen LogP contribution in [0.1, 0.15) is 40.4 Å². The van der Waals surface area contributed by atoms with Gasteiger partial charge in [0.1, 0.15) is 11.8 Å². The maximum atomic E-state index is 14.1. The summed E-state index contributed by atoms with van der Waals surface area (Å²) in [5.74, 6) is -14.9. The third kappa shape index (κ3) is 4.60. The third-order valence-electron chi connectivity index (χ3n) is 9.63. The monoisotopic (exact) mass is 620 g/mol. The Morgan fingerprint density at radius 3 is 2.16 bits per heavy atom. The SMILES string of the molecule is CC1c2ccc(NC(=O)C(c3ccccc3)N(C)C)c(O)c2C(=O)C2C(=O)[C@]3(O)C(=O)C(C(N)=O)C(=O)[C@@H](N(C)C)C3C(O)C21. The Kier molecular flexibility index (Phi) is 8.03. The number of rotatable bonds is 6. The Morgan fingerprint density at radius 1 is 0.978 bits per heavy atom. The number of fused-ring (bicyclic) bond motifs is 3. The average Bonchev–Trinajstić information content (AvgIpc) is 2.96. The molecule has 2 saturated carbocycles. The molecule has 9 atom stereocenters. The van der Waals surface area contributed by atoms with Gasteiger partial charge >= 0.3 is 0 Å². The molecule has 0 radical (unpaired) electrons. The lowest BCUT2D eigenvalue weighted by Crippen LogP contribution is -2.77. The molecule has 0 aliphatic heterocycles. The molecule has 0 spiro atoms. The molecule has 2 aromatic rings. The third-order valence-corrected chi connectivity index (χ3v) is 9.63. The largest absolute Gasteiger partial charge is 0.505 e. The second-order valence-electron chi connectivity index (χ2n) is 12.6. The first-order chi connectivity index (χ1) is 21.1. The fraction of sp³-hybridized carbons (Fsp3) is 0.438. The highest BCUT2D eigenvalue weighted by Crippen LogP contribution is 2.55. The number of amides is 2. The van der Waals surface area contributed by atoms with Crippen molar-refractivity contribution in [1.82, 2.24) is 9.80 Å². The van der Waals surface area contributed by atoms with E-state index < -0.39 is 94.1 Å². The molecule has 6 N–H and O–H groups in total. The van der Waals surface area contributed by atoms with Gasteiger partial charge in [0, 0.05) is 5.92 Å². The number of nitrogens with zero attached hydrogens (tertiary/aromatic N) is 2. The van der Waals surface area contributed by atoms with Gasteiger partial charge in [0.2, 0.25) is 11.8 Å². The number of phenols is 1. The summed E-state index contributed by atoms with van der Waals surface area (Å²) in [6, 6.07) is 9.60. The van der Waals surface area contributed by atoms with Crippen LogP contribution < -0.4 is 11.1 Å². The van der Waals surface area contributed by atoms with Crippen molar-refractivity contribution in [2.24, 2.45) is 29.4 Å². The molecule has 0 heterocycles. The van der Waals surface area contributed by atoms with Gasteiger partial charge in [0.25, 0.3) is 0 Å². The number of aliphatic hydroxyl groups is 2. The molecule has 0 bridgehead atoms. The Bertz CT molecular complexity index is 1620. The summed E-state index contributed by atoms with van der Waals surface area (Å²) in [7, 11) is 6.27. The minimum absolute atomic E-state index is 0.110. The van der Waals surface area contributed by atoms with E-state index in [2.05, 4.69) is 5.32 Å². The number of aromatic hydroxyl groups is 1. The van der Waals surface area contributed by atoms with Gasteiger partial charge in [-0.15, -0.1) is 0 Å². The summed E-state index contributed by atoms with van der Waals surface area (Å²) in [5, 5.41) is 37.5. The molecule has 2 fully saturated rings. The zero-order valence-electron chi connectivity index (χ0n) is 25.4. The van der Waals surface area contributed by atoms with E-state index in [1.807, 2.05) is 0 Å². The van der Waals surface area contributed by atoms with Gasteiger partial charge in [0.15, 0.2) is 34.7 Å². The minimum atomic E-state index is -3.09. The lowest BCUT2D eigenvalue weighted by Gasteiger charge is -2.56. The summed E-state index contributed by atoms with van der Waals surface area (Å²) in [6.07, 6.45) is -1.73. The summed E-state index contributed by atoms with van der Waals surface area (Å²) in [5.41, 5.74) is 2.79. The number of carbonyl (C=O) groups excluding carboxylic acids is 6. The number of hydrogen-bond acceptors (Lipinski definition) is 11. The smallest absolute Gasteiger partial charge is 0.246 e. The van der Waals surface area contributed by atoms with Crippen molar-refractivity contribution < 1.29 is 44.1 Å². The van der Waals surface area contributed by atoms with Gasteiger partial charge in [-0.2, -0.15) is 0 Å². The number of nitrogens with two attached hydrogens (primary N) is 1. The van der Waals surface area contributed by atoms with Gasteiger partial charge in [0.05, 0.1) is 35.2 Å². The summed E-state index contributed by atoms with van der Waals surface area (Å²) < 4.78 is 0. The maximum Gasteiger partial charge on any atom is 0.246 e. The first-order valence-electron chi connectivity index (χ1n) is 14.5. The van der Waals surface area contributed by atoms with E-state index in [0.29, 0.717) is 5.56 Å². The van der Waals surface area contributed by atoms with Crippen molar-refractivity contribution in [2.75, 3.05) is 33.5 Å². The van der Waals surface area contributed by atoms with Crippen LogP contribution in [0.15, 0.2) is 42.5 Å². The lowest BCUT2D eigenvalue weighted by molar-refractivity contribution is -0.196. The van der Waals surface area contributed by atoms with E-state index >= 15 is 0 Å². The normalized spacial score (nSPS) is 31.7. The molecule has 3 aliphatic rings. The zero-order valence-corrected chi connectivity index (χ0v) is 25.4. The highest BCUT2D eigenvalue weighted by atomic mass is 16.3. The number of primary amides is 1. The van der Waals surface area contributed by atoms with Crippen LogP contribution in [0.3, 0.4) is 0 Å². The van der Waals surface area contributed by atoms with E-state index in [0.717, 1.165) is 0 Å². The molecular formula is C32H36N4O9. The number of anilines is 1. The van der Waals surface area contributed by atoms with E-state index in [4.69, 9.17) is 5.73 Å². The summed E-state index contributed by atoms with van der Waals surface area (Å²) >= 11 is 0. The molecule has 238 valence electrons. The van der Waals surface area contributed by atoms with E-state index in [1.54, 1.807) is 56.3 Å². The molecule has 2 aromatic carbocycles. The van der Waals surface area contributed by atoms with Gasteiger partial charge in [-0.05, 0) is 51.3 Å². The van der Waals surface area contributed by atoms with Gasteiger partial charge < -0.3 is 26.4 Å². The predicted octanol–water partition coefficient (Wildman–Crippen LogP) is -0.360. The summed E-state index contributed by atoms with van der Waals surface area (Å²) in [4.78, 5) is 83.6. The van der Waals surface area contributed by atoms with Crippen LogP contribution >= 0.6 is 0 Å². The Morgan fingerprint density at radius 2 is 1.60 bits per heavy atom. The fourth-order valence-electron chi connectivity index (χ4n) is 7.61. The number of carbonyl (C=O) groups is 6. The predicted molar refractivity (Wildman–Crippen MR) is 159 cm³/mol. The number of nitrogens with one attached hydrogen (secondary N) is 1. The van der Waals surface area contributed by atoms with E-state index in [9.17, 15) is 44.1 Å². The highest BCUT2D eigenvalue weighted by Gasteiger charge is 2.72. The first-order valence-corrected chi connectivity index (χ1v) is 14.5. The molecule has 5 rings (SSSR count). The van der Waals surface area contributed by atoms with Crippen LogP contribution in [0.4, 0.5) is 5.69 Å². The number of benzene rings is 2. The van der Waals surface area contributed by atoms with Gasteiger partial charge in [-0.3, -0.25) is 38.6 Å². The van der Waals surface area contributed by atoms with Crippen LogP contribution in [0.5, 0.6) is 5.75 Å². The van der Waals surface area contributed by atoms with Crippen molar-refractivity contribution in [3.8, 4) is 5.75 Å². The Balaban J connectivity index is 1.58. The quantitative estimate of drug-likeness (QED) is 0.208. The Hall–Kier alpha value is -4.30. The number of hydrogen-bond donors (Lipinski definition) is 5.